The Labute approximate surface area is 131 Å². The predicted octanol–water partition coefficient (Wildman–Crippen LogP) is 4.18. The van der Waals surface area contributed by atoms with Crippen molar-refractivity contribution < 1.29 is 4.79 Å². The molecule has 3 N–H and O–H groups in total. The van der Waals surface area contributed by atoms with E-state index in [2.05, 4.69) is 21.2 Å². The van der Waals surface area contributed by atoms with Crippen molar-refractivity contribution in [1.82, 2.24) is 5.32 Å². The van der Waals surface area contributed by atoms with E-state index in [4.69, 9.17) is 17.3 Å². The number of rotatable bonds is 3. The van der Waals surface area contributed by atoms with Crippen molar-refractivity contribution in [1.29, 1.82) is 0 Å². The Morgan fingerprint density at radius 1 is 1.30 bits per heavy atom. The number of nitrogens with one attached hydrogen (secondary N) is 1. The zero-order valence-electron chi connectivity index (χ0n) is 10.9. The molecule has 2 aromatic rings. The molecule has 0 saturated carbocycles. The van der Waals surface area contributed by atoms with Crippen LogP contribution in [0.15, 0.2) is 46.9 Å². The van der Waals surface area contributed by atoms with Gasteiger partial charge in [-0.1, -0.05) is 45.7 Å². The van der Waals surface area contributed by atoms with Crippen LogP contribution >= 0.6 is 27.5 Å². The van der Waals surface area contributed by atoms with E-state index in [0.29, 0.717) is 16.3 Å². The molecule has 3 nitrogen and oxygen atoms in total. The van der Waals surface area contributed by atoms with Crippen molar-refractivity contribution in [3.05, 3.63) is 63.1 Å². The fourth-order valence-electron chi connectivity index (χ4n) is 1.93. The Balaban J connectivity index is 2.17. The maximum absolute atomic E-state index is 12.2. The smallest absolute Gasteiger partial charge is 0.253 e. The molecular formula is C15H14BrClN2O. The molecule has 0 aliphatic rings. The second-order valence-corrected chi connectivity index (χ2v) is 5.77. The van der Waals surface area contributed by atoms with Crippen LogP contribution in [0.2, 0.25) is 5.02 Å². The molecule has 0 heterocycles. The third-order valence-corrected chi connectivity index (χ3v) is 3.79. The summed E-state index contributed by atoms with van der Waals surface area (Å²) in [6.07, 6.45) is 0. The molecule has 0 radical (unpaired) electrons. The van der Waals surface area contributed by atoms with Gasteiger partial charge in [0, 0.05) is 10.2 Å². The fourth-order valence-corrected chi connectivity index (χ4v) is 2.69. The van der Waals surface area contributed by atoms with Gasteiger partial charge in [-0.05, 0) is 36.8 Å². The van der Waals surface area contributed by atoms with Crippen LogP contribution in [0.3, 0.4) is 0 Å². The first-order chi connectivity index (χ1) is 9.49. The molecule has 2 aromatic carbocycles. The van der Waals surface area contributed by atoms with Gasteiger partial charge in [0.1, 0.15) is 0 Å². The number of anilines is 1. The molecule has 104 valence electrons. The number of nitrogen functional groups attached to an aromatic ring is 1. The normalized spacial score (nSPS) is 11.9. The minimum atomic E-state index is -0.224. The molecule has 0 aliphatic heterocycles. The van der Waals surface area contributed by atoms with Gasteiger partial charge < -0.3 is 11.1 Å². The molecule has 0 aromatic heterocycles. The van der Waals surface area contributed by atoms with E-state index in [9.17, 15) is 4.79 Å². The summed E-state index contributed by atoms with van der Waals surface area (Å²) in [6.45, 7) is 1.89. The highest BCUT2D eigenvalue weighted by atomic mass is 79.9. The predicted molar refractivity (Wildman–Crippen MR) is 85.9 cm³/mol. The van der Waals surface area contributed by atoms with Gasteiger partial charge in [-0.2, -0.15) is 0 Å². The Bertz CT molecular complexity index is 646. The van der Waals surface area contributed by atoms with E-state index in [1.54, 1.807) is 18.2 Å². The van der Waals surface area contributed by atoms with Crippen LogP contribution in [0.25, 0.3) is 0 Å². The summed E-state index contributed by atoms with van der Waals surface area (Å²) in [7, 11) is 0. The van der Waals surface area contributed by atoms with Crippen LogP contribution in [0.1, 0.15) is 28.9 Å². The van der Waals surface area contributed by atoms with Gasteiger partial charge >= 0.3 is 0 Å². The van der Waals surface area contributed by atoms with Crippen molar-refractivity contribution in [2.75, 3.05) is 5.73 Å². The zero-order valence-corrected chi connectivity index (χ0v) is 13.2. The highest BCUT2D eigenvalue weighted by Crippen LogP contribution is 2.23. The number of benzene rings is 2. The first-order valence-corrected chi connectivity index (χ1v) is 7.26. The molecule has 0 spiro atoms. The molecule has 0 saturated heterocycles. The third kappa shape index (κ3) is 3.32. The van der Waals surface area contributed by atoms with Crippen LogP contribution in [0.5, 0.6) is 0 Å². The van der Waals surface area contributed by atoms with Crippen LogP contribution in [0.4, 0.5) is 5.69 Å². The lowest BCUT2D eigenvalue weighted by Crippen LogP contribution is -2.27. The maximum atomic E-state index is 12.2. The highest BCUT2D eigenvalue weighted by molar-refractivity contribution is 9.10. The number of para-hydroxylation sites is 1. The van der Waals surface area contributed by atoms with Crippen molar-refractivity contribution in [3.8, 4) is 0 Å². The number of hydrogen-bond acceptors (Lipinski definition) is 2. The zero-order chi connectivity index (χ0) is 14.7. The van der Waals surface area contributed by atoms with E-state index in [0.717, 1.165) is 10.0 Å². The lowest BCUT2D eigenvalue weighted by molar-refractivity contribution is 0.0940. The van der Waals surface area contributed by atoms with Gasteiger partial charge in [-0.15, -0.1) is 0 Å². The van der Waals surface area contributed by atoms with Gasteiger partial charge in [0.25, 0.3) is 5.91 Å². The Morgan fingerprint density at radius 3 is 2.65 bits per heavy atom. The summed E-state index contributed by atoms with van der Waals surface area (Å²) in [6, 6.07) is 12.4. The molecule has 0 aliphatic carbocycles. The Morgan fingerprint density at radius 2 is 2.00 bits per heavy atom. The van der Waals surface area contributed by atoms with E-state index in [-0.39, 0.29) is 11.9 Å². The number of halogens is 2. The molecule has 5 heteroatoms. The topological polar surface area (TPSA) is 55.1 Å². The average Bonchev–Trinajstić information content (AvgIpc) is 2.38. The van der Waals surface area contributed by atoms with Gasteiger partial charge in [0.2, 0.25) is 0 Å². The number of carbonyl (C=O) groups is 1. The summed E-state index contributed by atoms with van der Waals surface area (Å²) in [5.74, 6) is -0.224. The minimum Gasteiger partial charge on any atom is -0.398 e. The molecule has 2 rings (SSSR count). The van der Waals surface area contributed by atoms with E-state index in [1.165, 1.54) is 0 Å². The van der Waals surface area contributed by atoms with Crippen molar-refractivity contribution in [3.63, 3.8) is 0 Å². The molecule has 1 unspecified atom stereocenters. The highest BCUT2D eigenvalue weighted by Gasteiger charge is 2.15. The summed E-state index contributed by atoms with van der Waals surface area (Å²) in [5.41, 5.74) is 7.88. The first kappa shape index (κ1) is 14.9. The third-order valence-electron chi connectivity index (χ3n) is 2.99. The summed E-state index contributed by atoms with van der Waals surface area (Å²) < 4.78 is 0.833. The Hall–Kier alpha value is -1.52. The van der Waals surface area contributed by atoms with E-state index in [1.807, 2.05) is 31.2 Å². The monoisotopic (exact) mass is 352 g/mol. The maximum Gasteiger partial charge on any atom is 0.253 e. The molecule has 0 bridgehead atoms. The first-order valence-electron chi connectivity index (χ1n) is 6.09. The number of hydrogen-bond donors (Lipinski definition) is 2. The summed E-state index contributed by atoms with van der Waals surface area (Å²) >= 11 is 9.38. The fraction of sp³-hybridized carbons (Fsp3) is 0.133. The molecule has 20 heavy (non-hydrogen) atoms. The van der Waals surface area contributed by atoms with Crippen molar-refractivity contribution in [2.24, 2.45) is 0 Å². The summed E-state index contributed by atoms with van der Waals surface area (Å²) in [4.78, 5) is 12.2. The van der Waals surface area contributed by atoms with E-state index < -0.39 is 0 Å². The van der Waals surface area contributed by atoms with Crippen LogP contribution in [-0.2, 0) is 0 Å². The quantitative estimate of drug-likeness (QED) is 0.813. The standard InChI is InChI=1S/C15H14BrClN2O/c1-9(11-4-2-3-5-14(11)18)19-15(20)12-7-6-10(16)8-13(12)17/h2-9H,18H2,1H3,(H,19,20). The van der Waals surface area contributed by atoms with Crippen molar-refractivity contribution in [2.45, 2.75) is 13.0 Å². The van der Waals surface area contributed by atoms with Crippen molar-refractivity contribution >= 4 is 39.1 Å². The average molecular weight is 354 g/mol. The Kier molecular flexibility index (Phi) is 4.68. The molecule has 0 fully saturated rings. The lowest BCUT2D eigenvalue weighted by atomic mass is 10.1. The number of nitrogens with two attached hydrogens (primary N) is 1. The minimum absolute atomic E-state index is 0.191. The van der Waals surface area contributed by atoms with E-state index >= 15 is 0 Å². The lowest BCUT2D eigenvalue weighted by Gasteiger charge is -2.16. The second kappa shape index (κ2) is 6.29. The number of amides is 1. The number of carbonyl (C=O) groups excluding carboxylic acids is 1. The molecule has 1 amide bonds. The second-order valence-electron chi connectivity index (χ2n) is 4.45. The largest absolute Gasteiger partial charge is 0.398 e. The molecule has 1 atom stereocenters. The summed E-state index contributed by atoms with van der Waals surface area (Å²) in [5, 5.41) is 3.30. The van der Waals surface area contributed by atoms with Crippen LogP contribution in [0, 0.1) is 0 Å². The van der Waals surface area contributed by atoms with Gasteiger partial charge in [-0.25, -0.2) is 0 Å². The molecular weight excluding hydrogens is 340 g/mol. The van der Waals surface area contributed by atoms with Crippen LogP contribution in [-0.4, -0.2) is 5.91 Å². The van der Waals surface area contributed by atoms with Gasteiger partial charge in [0.05, 0.1) is 16.6 Å². The van der Waals surface area contributed by atoms with Crippen LogP contribution < -0.4 is 11.1 Å². The SMILES string of the molecule is CC(NC(=O)c1ccc(Br)cc1Cl)c1ccccc1N. The van der Waals surface area contributed by atoms with Gasteiger partial charge in [0.15, 0.2) is 0 Å². The van der Waals surface area contributed by atoms with Gasteiger partial charge in [-0.3, -0.25) is 4.79 Å².